The quantitative estimate of drug-likeness (QED) is 0.450. The van der Waals surface area contributed by atoms with E-state index in [0.29, 0.717) is 0 Å². The molecule has 0 heterocycles. The standard InChI is InChI=1S/C3H10NO4P/c1-3-7-9(5,6)8-4-2/h4H,3H2,1-2H3,(H,5,6). The second kappa shape index (κ2) is 3.98. The van der Waals surface area contributed by atoms with Crippen LogP contribution in [0.1, 0.15) is 6.92 Å². The maximum atomic E-state index is 10.5. The number of nitrogens with one attached hydrogen (secondary N) is 1. The Hall–Kier alpha value is 0.0700. The smallest absolute Gasteiger partial charge is 0.301 e. The topological polar surface area (TPSA) is 67.8 Å². The molecule has 6 heteroatoms. The molecule has 9 heavy (non-hydrogen) atoms. The van der Waals surface area contributed by atoms with Gasteiger partial charge in [0.1, 0.15) is 0 Å². The van der Waals surface area contributed by atoms with E-state index < -0.39 is 7.82 Å². The van der Waals surface area contributed by atoms with Crippen LogP contribution in [0.25, 0.3) is 0 Å². The van der Waals surface area contributed by atoms with Gasteiger partial charge in [0, 0.05) is 7.05 Å². The molecule has 0 bridgehead atoms. The summed E-state index contributed by atoms with van der Waals surface area (Å²) in [6.45, 7) is 1.75. The third-order valence-corrected chi connectivity index (χ3v) is 1.50. The average molecular weight is 155 g/mol. The number of rotatable bonds is 4. The van der Waals surface area contributed by atoms with Crippen LogP contribution in [-0.4, -0.2) is 18.5 Å². The lowest BCUT2D eigenvalue weighted by Crippen LogP contribution is -2.06. The highest BCUT2D eigenvalue weighted by Crippen LogP contribution is 2.41. The summed E-state index contributed by atoms with van der Waals surface area (Å²) in [5.74, 6) is 0. The molecule has 0 radical (unpaired) electrons. The van der Waals surface area contributed by atoms with Crippen LogP contribution in [0.5, 0.6) is 0 Å². The molecule has 0 spiro atoms. The number of hydroxylamine groups is 1. The fourth-order valence-corrected chi connectivity index (χ4v) is 0.915. The van der Waals surface area contributed by atoms with Crippen LogP contribution in [0.4, 0.5) is 0 Å². The summed E-state index contributed by atoms with van der Waals surface area (Å²) >= 11 is 0. The lowest BCUT2D eigenvalue weighted by atomic mass is 10.9. The molecular weight excluding hydrogens is 145 g/mol. The minimum absolute atomic E-state index is 0.148. The molecule has 0 fully saturated rings. The van der Waals surface area contributed by atoms with Crippen LogP contribution < -0.4 is 5.48 Å². The van der Waals surface area contributed by atoms with Gasteiger partial charge in [-0.2, -0.15) is 10.1 Å². The van der Waals surface area contributed by atoms with Crippen LogP contribution in [-0.2, 0) is 13.7 Å². The van der Waals surface area contributed by atoms with Crippen molar-refractivity contribution in [1.82, 2.24) is 5.48 Å². The average Bonchev–Trinajstić information content (AvgIpc) is 1.64. The van der Waals surface area contributed by atoms with Gasteiger partial charge in [0.15, 0.2) is 0 Å². The fraction of sp³-hybridized carbons (Fsp3) is 1.00. The van der Waals surface area contributed by atoms with E-state index in [4.69, 9.17) is 4.89 Å². The van der Waals surface area contributed by atoms with Gasteiger partial charge in [-0.25, -0.2) is 4.57 Å². The molecule has 56 valence electrons. The molecule has 0 aromatic heterocycles. The maximum absolute atomic E-state index is 10.5. The second-order valence-corrected chi connectivity index (χ2v) is 2.56. The van der Waals surface area contributed by atoms with Crippen molar-refractivity contribution in [3.05, 3.63) is 0 Å². The Bertz CT molecular complexity index is 106. The number of hydrogen-bond donors (Lipinski definition) is 2. The van der Waals surface area contributed by atoms with Gasteiger partial charge in [-0.05, 0) is 6.92 Å². The van der Waals surface area contributed by atoms with Crippen LogP contribution in [0.15, 0.2) is 0 Å². The lowest BCUT2D eigenvalue weighted by molar-refractivity contribution is 0.113. The Labute approximate surface area is 53.5 Å². The SMILES string of the molecule is CCOP(=O)(O)ONC. The highest BCUT2D eigenvalue weighted by atomic mass is 31.2. The van der Waals surface area contributed by atoms with Gasteiger partial charge in [-0.15, -0.1) is 0 Å². The van der Waals surface area contributed by atoms with Crippen molar-refractivity contribution in [2.45, 2.75) is 6.92 Å². The molecule has 0 saturated carbocycles. The van der Waals surface area contributed by atoms with Crippen molar-refractivity contribution in [1.29, 1.82) is 0 Å². The van der Waals surface area contributed by atoms with E-state index in [1.807, 2.05) is 0 Å². The summed E-state index contributed by atoms with van der Waals surface area (Å²) in [7, 11) is -2.43. The molecule has 2 N–H and O–H groups in total. The molecule has 5 nitrogen and oxygen atoms in total. The minimum Gasteiger partial charge on any atom is -0.301 e. The van der Waals surface area contributed by atoms with E-state index in [1.54, 1.807) is 6.92 Å². The van der Waals surface area contributed by atoms with Gasteiger partial charge < -0.3 is 4.89 Å². The van der Waals surface area contributed by atoms with Crippen molar-refractivity contribution in [3.8, 4) is 0 Å². The number of phosphoric acid groups is 1. The van der Waals surface area contributed by atoms with Crippen molar-refractivity contribution in [3.63, 3.8) is 0 Å². The summed E-state index contributed by atoms with van der Waals surface area (Å²) < 4.78 is 18.9. The minimum atomic E-state index is -3.80. The Kier molecular flexibility index (Phi) is 4.01. The van der Waals surface area contributed by atoms with Gasteiger partial charge in [-0.1, -0.05) is 0 Å². The van der Waals surface area contributed by atoms with Crippen molar-refractivity contribution in [2.75, 3.05) is 13.7 Å². The predicted molar refractivity (Wildman–Crippen MR) is 31.6 cm³/mol. The first-order chi connectivity index (χ1) is 4.12. The summed E-state index contributed by atoms with van der Waals surface area (Å²) in [5, 5.41) is 0. The first-order valence-corrected chi connectivity index (χ1v) is 3.94. The Balaban J connectivity index is 3.58. The largest absolute Gasteiger partial charge is 0.488 e. The van der Waals surface area contributed by atoms with Crippen LogP contribution >= 0.6 is 7.82 Å². The monoisotopic (exact) mass is 155 g/mol. The highest BCUT2D eigenvalue weighted by Gasteiger charge is 2.18. The summed E-state index contributed by atoms with van der Waals surface area (Å²) in [6, 6.07) is 0. The molecule has 0 aromatic rings. The Morgan fingerprint density at radius 3 is 2.67 bits per heavy atom. The van der Waals surface area contributed by atoms with Crippen LogP contribution in [0, 0.1) is 0 Å². The normalized spacial score (nSPS) is 17.2. The first kappa shape index (κ1) is 9.07. The van der Waals surface area contributed by atoms with Gasteiger partial charge in [0.25, 0.3) is 0 Å². The van der Waals surface area contributed by atoms with Gasteiger partial charge in [-0.3, -0.25) is 4.52 Å². The van der Waals surface area contributed by atoms with E-state index >= 15 is 0 Å². The summed E-state index contributed by atoms with van der Waals surface area (Å²) in [4.78, 5) is 8.56. The van der Waals surface area contributed by atoms with Gasteiger partial charge >= 0.3 is 7.82 Å². The molecule has 1 atom stereocenters. The molecule has 0 aromatic carbocycles. The predicted octanol–water partition coefficient (Wildman–Crippen LogP) is 0.274. The highest BCUT2D eigenvalue weighted by molar-refractivity contribution is 7.47. The fourth-order valence-electron chi connectivity index (χ4n) is 0.305. The third-order valence-electron chi connectivity index (χ3n) is 0.499. The molecule has 0 saturated heterocycles. The zero-order valence-corrected chi connectivity index (χ0v) is 6.22. The molecule has 0 aliphatic heterocycles. The van der Waals surface area contributed by atoms with Crippen LogP contribution in [0.2, 0.25) is 0 Å². The third kappa shape index (κ3) is 4.57. The van der Waals surface area contributed by atoms with Gasteiger partial charge in [0.2, 0.25) is 0 Å². The summed E-state index contributed by atoms with van der Waals surface area (Å²) in [5.41, 5.74) is 2.05. The van der Waals surface area contributed by atoms with Crippen molar-refractivity contribution >= 4 is 7.82 Å². The first-order valence-electron chi connectivity index (χ1n) is 2.45. The van der Waals surface area contributed by atoms with Gasteiger partial charge in [0.05, 0.1) is 6.61 Å². The molecule has 0 aliphatic carbocycles. The molecule has 0 aliphatic rings. The van der Waals surface area contributed by atoms with Crippen molar-refractivity contribution < 1.29 is 18.6 Å². The van der Waals surface area contributed by atoms with E-state index in [2.05, 4.69) is 14.6 Å². The Morgan fingerprint density at radius 2 is 2.33 bits per heavy atom. The lowest BCUT2D eigenvalue weighted by Gasteiger charge is -2.07. The van der Waals surface area contributed by atoms with E-state index in [1.165, 1.54) is 7.05 Å². The molecule has 1 unspecified atom stereocenters. The van der Waals surface area contributed by atoms with E-state index in [-0.39, 0.29) is 6.61 Å². The number of phosphoric ester groups is 1. The van der Waals surface area contributed by atoms with Crippen LogP contribution in [0.3, 0.4) is 0 Å². The maximum Gasteiger partial charge on any atom is 0.488 e. The molecular formula is C3H10NO4P. The summed E-state index contributed by atoms with van der Waals surface area (Å²) in [6.07, 6.45) is 0. The van der Waals surface area contributed by atoms with Crippen molar-refractivity contribution in [2.24, 2.45) is 0 Å². The van der Waals surface area contributed by atoms with E-state index in [0.717, 1.165) is 0 Å². The van der Waals surface area contributed by atoms with E-state index in [9.17, 15) is 4.57 Å². The Morgan fingerprint density at radius 1 is 1.78 bits per heavy atom. The number of hydrogen-bond acceptors (Lipinski definition) is 4. The molecule has 0 amide bonds. The second-order valence-electron chi connectivity index (χ2n) is 1.18. The molecule has 0 rings (SSSR count). The zero-order chi connectivity index (χ0) is 7.33. The zero-order valence-electron chi connectivity index (χ0n) is 5.33.